The maximum absolute atomic E-state index is 14.1. The molecule has 1 heterocycles. The monoisotopic (exact) mass is 437 g/mol. The number of anilines is 1. The van der Waals surface area contributed by atoms with Gasteiger partial charge in [0, 0.05) is 0 Å². The van der Waals surface area contributed by atoms with Crippen LogP contribution < -0.4 is 10.1 Å². The molecule has 0 fully saturated rings. The van der Waals surface area contributed by atoms with Crippen molar-refractivity contribution in [3.63, 3.8) is 0 Å². The van der Waals surface area contributed by atoms with E-state index in [1.807, 2.05) is 0 Å². The van der Waals surface area contributed by atoms with Gasteiger partial charge in [0.2, 0.25) is 0 Å². The van der Waals surface area contributed by atoms with Crippen LogP contribution in [-0.4, -0.2) is 32.2 Å². The van der Waals surface area contributed by atoms with Crippen molar-refractivity contribution in [2.45, 2.75) is 20.0 Å². The number of hydrogen-bond donors (Lipinski definition) is 1. The first-order chi connectivity index (χ1) is 12.8. The van der Waals surface area contributed by atoms with E-state index in [2.05, 4.69) is 36.8 Å². The molecule has 0 bridgehead atoms. The summed E-state index contributed by atoms with van der Waals surface area (Å²) >= 11 is 3.16. The van der Waals surface area contributed by atoms with Gasteiger partial charge in [-0.1, -0.05) is 0 Å². The Balaban J connectivity index is 1.76. The molecule has 140 valence electrons. The highest BCUT2D eigenvalue weighted by atomic mass is 79.9. The molecule has 3 rings (SSSR count). The first kappa shape index (κ1) is 18.9. The van der Waals surface area contributed by atoms with Crippen molar-refractivity contribution >= 4 is 27.5 Å². The van der Waals surface area contributed by atoms with Crippen LogP contribution >= 0.6 is 15.9 Å². The molecular weight excluding hydrogens is 424 g/mol. The highest BCUT2D eigenvalue weighted by Gasteiger charge is 2.18. The summed E-state index contributed by atoms with van der Waals surface area (Å²) in [5.41, 5.74) is 0.449. The van der Waals surface area contributed by atoms with Crippen LogP contribution in [0.4, 0.5) is 14.5 Å². The summed E-state index contributed by atoms with van der Waals surface area (Å²) in [6.07, 6.45) is -0.954. The van der Waals surface area contributed by atoms with Crippen LogP contribution in [0.15, 0.2) is 40.9 Å². The number of hydrogen-bond acceptors (Lipinski definition) is 5. The van der Waals surface area contributed by atoms with Gasteiger partial charge in [0.05, 0.1) is 15.8 Å². The molecular formula is C17H14BrF2N5O2. The molecule has 0 aliphatic rings. The summed E-state index contributed by atoms with van der Waals surface area (Å²) < 4.78 is 34.5. The van der Waals surface area contributed by atoms with E-state index < -0.39 is 23.6 Å². The summed E-state index contributed by atoms with van der Waals surface area (Å²) in [5.74, 6) is -0.832. The predicted molar refractivity (Wildman–Crippen MR) is 96.7 cm³/mol. The Morgan fingerprint density at radius 2 is 2.04 bits per heavy atom. The lowest BCUT2D eigenvalue weighted by Gasteiger charge is -2.16. The highest BCUT2D eigenvalue weighted by molar-refractivity contribution is 9.10. The van der Waals surface area contributed by atoms with Gasteiger partial charge in [-0.25, -0.2) is 8.78 Å². The van der Waals surface area contributed by atoms with Crippen LogP contribution in [0.2, 0.25) is 0 Å². The largest absolute Gasteiger partial charge is 0.480 e. The Labute approximate surface area is 161 Å². The number of halogens is 3. The number of carbonyl (C=O) groups excluding carboxylic acids is 1. The first-order valence-electron chi connectivity index (χ1n) is 7.82. The van der Waals surface area contributed by atoms with Gasteiger partial charge < -0.3 is 10.1 Å². The standard InChI is InChI=1S/C17H14BrF2N5O2/c1-9(27-16-6-3-11(19)7-13(16)18)17(26)21-15-8-12(4-5-14(15)20)25-10(2)22-23-24-25/h3-9H,1-2H3,(H,21,26). The van der Waals surface area contributed by atoms with Crippen LogP contribution in [0, 0.1) is 18.6 Å². The van der Waals surface area contributed by atoms with Crippen LogP contribution in [0.3, 0.4) is 0 Å². The van der Waals surface area contributed by atoms with Crippen molar-refractivity contribution in [1.29, 1.82) is 0 Å². The molecule has 0 aliphatic heterocycles. The van der Waals surface area contributed by atoms with Gasteiger partial charge in [0.15, 0.2) is 11.9 Å². The molecule has 0 spiro atoms. The minimum Gasteiger partial charge on any atom is -0.480 e. The summed E-state index contributed by atoms with van der Waals surface area (Å²) in [4.78, 5) is 12.4. The molecule has 27 heavy (non-hydrogen) atoms. The number of nitrogens with one attached hydrogen (secondary N) is 1. The zero-order chi connectivity index (χ0) is 19.6. The lowest BCUT2D eigenvalue weighted by Crippen LogP contribution is -2.30. The minimum atomic E-state index is -0.954. The smallest absolute Gasteiger partial charge is 0.265 e. The summed E-state index contributed by atoms with van der Waals surface area (Å²) in [5, 5.41) is 13.6. The lowest BCUT2D eigenvalue weighted by atomic mass is 10.2. The molecule has 7 nitrogen and oxygen atoms in total. The van der Waals surface area contributed by atoms with Crippen molar-refractivity contribution < 1.29 is 18.3 Å². The number of nitrogens with zero attached hydrogens (tertiary/aromatic N) is 4. The molecule has 0 aliphatic carbocycles. The highest BCUT2D eigenvalue weighted by Crippen LogP contribution is 2.27. The fourth-order valence-corrected chi connectivity index (χ4v) is 2.70. The molecule has 0 saturated carbocycles. The van der Waals surface area contributed by atoms with Crippen molar-refractivity contribution in [2.24, 2.45) is 0 Å². The Morgan fingerprint density at radius 3 is 2.70 bits per heavy atom. The van der Waals surface area contributed by atoms with E-state index in [1.165, 1.54) is 48.0 Å². The Kier molecular flexibility index (Phi) is 5.45. The van der Waals surface area contributed by atoms with Crippen molar-refractivity contribution in [3.8, 4) is 11.4 Å². The van der Waals surface area contributed by atoms with Crippen LogP contribution in [-0.2, 0) is 4.79 Å². The topological polar surface area (TPSA) is 81.9 Å². The van der Waals surface area contributed by atoms with Gasteiger partial charge in [-0.15, -0.1) is 5.10 Å². The maximum Gasteiger partial charge on any atom is 0.265 e. The minimum absolute atomic E-state index is 0.0407. The predicted octanol–water partition coefficient (Wildman–Crippen LogP) is 3.42. The molecule has 10 heteroatoms. The third-order valence-corrected chi connectivity index (χ3v) is 4.26. The Hall–Kier alpha value is -2.88. The number of aryl methyl sites for hydroxylation is 1. The molecule has 1 N–H and O–H groups in total. The number of aromatic nitrogens is 4. The van der Waals surface area contributed by atoms with Gasteiger partial charge in [-0.2, -0.15) is 4.68 Å². The summed E-state index contributed by atoms with van der Waals surface area (Å²) in [7, 11) is 0. The number of ether oxygens (including phenoxy) is 1. The summed E-state index contributed by atoms with van der Waals surface area (Å²) in [6, 6.07) is 7.93. The van der Waals surface area contributed by atoms with Gasteiger partial charge in [-0.05, 0) is 76.6 Å². The van der Waals surface area contributed by atoms with E-state index >= 15 is 0 Å². The zero-order valence-electron chi connectivity index (χ0n) is 14.3. The number of rotatable bonds is 5. The molecule has 1 atom stereocenters. The summed E-state index contributed by atoms with van der Waals surface area (Å²) in [6.45, 7) is 3.19. The quantitative estimate of drug-likeness (QED) is 0.661. The van der Waals surface area contributed by atoms with E-state index in [9.17, 15) is 13.6 Å². The normalized spacial score (nSPS) is 11.9. The van der Waals surface area contributed by atoms with Crippen molar-refractivity contribution in [1.82, 2.24) is 20.2 Å². The maximum atomic E-state index is 14.1. The zero-order valence-corrected chi connectivity index (χ0v) is 15.9. The third-order valence-electron chi connectivity index (χ3n) is 3.64. The van der Waals surface area contributed by atoms with Crippen molar-refractivity contribution in [2.75, 3.05) is 5.32 Å². The van der Waals surface area contributed by atoms with Crippen molar-refractivity contribution in [3.05, 3.63) is 58.3 Å². The number of amides is 1. The van der Waals surface area contributed by atoms with Gasteiger partial charge >= 0.3 is 0 Å². The molecule has 0 radical (unpaired) electrons. The molecule has 3 aromatic rings. The average Bonchev–Trinajstić information content (AvgIpc) is 3.05. The SMILES string of the molecule is Cc1nnnn1-c1ccc(F)c(NC(=O)C(C)Oc2ccc(F)cc2Br)c1. The van der Waals surface area contributed by atoms with E-state index in [0.29, 0.717) is 16.0 Å². The third kappa shape index (κ3) is 4.27. The van der Waals surface area contributed by atoms with E-state index in [-0.39, 0.29) is 11.4 Å². The fraction of sp³-hybridized carbons (Fsp3) is 0.176. The lowest BCUT2D eigenvalue weighted by molar-refractivity contribution is -0.122. The second-order valence-electron chi connectivity index (χ2n) is 5.63. The molecule has 2 aromatic carbocycles. The van der Waals surface area contributed by atoms with E-state index in [4.69, 9.17) is 4.74 Å². The van der Waals surface area contributed by atoms with Gasteiger partial charge in [0.25, 0.3) is 5.91 Å². The van der Waals surface area contributed by atoms with Crippen LogP contribution in [0.1, 0.15) is 12.7 Å². The number of benzene rings is 2. The molecule has 1 amide bonds. The Morgan fingerprint density at radius 1 is 1.26 bits per heavy atom. The number of carbonyl (C=O) groups is 1. The number of tetrazole rings is 1. The van der Waals surface area contributed by atoms with Crippen LogP contribution in [0.5, 0.6) is 5.75 Å². The average molecular weight is 438 g/mol. The van der Waals surface area contributed by atoms with Gasteiger partial charge in [-0.3, -0.25) is 4.79 Å². The fourth-order valence-electron chi connectivity index (χ4n) is 2.26. The molecule has 1 unspecified atom stereocenters. The second kappa shape index (κ2) is 7.78. The Bertz CT molecular complexity index is 995. The van der Waals surface area contributed by atoms with E-state index in [1.54, 1.807) is 6.92 Å². The molecule has 1 aromatic heterocycles. The van der Waals surface area contributed by atoms with Crippen LogP contribution in [0.25, 0.3) is 5.69 Å². The first-order valence-corrected chi connectivity index (χ1v) is 8.62. The van der Waals surface area contributed by atoms with Gasteiger partial charge in [0.1, 0.15) is 17.4 Å². The van der Waals surface area contributed by atoms with E-state index in [0.717, 1.165) is 0 Å². The molecule has 0 saturated heterocycles. The second-order valence-corrected chi connectivity index (χ2v) is 6.48.